The van der Waals surface area contributed by atoms with Crippen molar-refractivity contribution in [3.05, 3.63) is 34.4 Å². The van der Waals surface area contributed by atoms with Gasteiger partial charge in [-0.05, 0) is 25.0 Å². The molecule has 0 amide bonds. The zero-order chi connectivity index (χ0) is 16.5. The molecule has 0 aliphatic heterocycles. The highest BCUT2D eigenvalue weighted by molar-refractivity contribution is 5.79. The first-order chi connectivity index (χ1) is 10.4. The molecule has 3 N–H and O–H groups in total. The highest BCUT2D eigenvalue weighted by Crippen LogP contribution is 2.14. The van der Waals surface area contributed by atoms with E-state index in [9.17, 15) is 10.1 Å². The molecule has 0 radical (unpaired) electrons. The van der Waals surface area contributed by atoms with E-state index in [0.717, 1.165) is 11.6 Å². The minimum atomic E-state index is -0.406. The van der Waals surface area contributed by atoms with Gasteiger partial charge in [0.2, 0.25) is 0 Å². The standard InChI is InChI=1S/C15H25N5O2/c1-11(2)12(3)19-15(16-4)18-10-9-17-13-5-7-14(8-6-13)20(21)22/h5-8,11-12,17H,9-10H2,1-4H3,(H2,16,18,19). The number of nitro groups is 1. The monoisotopic (exact) mass is 307 g/mol. The van der Waals surface area contributed by atoms with Crippen molar-refractivity contribution in [3.8, 4) is 0 Å². The van der Waals surface area contributed by atoms with Crippen LogP contribution < -0.4 is 16.0 Å². The first kappa shape index (κ1) is 17.7. The topological polar surface area (TPSA) is 91.6 Å². The lowest BCUT2D eigenvalue weighted by molar-refractivity contribution is -0.384. The fourth-order valence-corrected chi connectivity index (χ4v) is 1.67. The van der Waals surface area contributed by atoms with Gasteiger partial charge in [0, 0.05) is 44.0 Å². The number of rotatable bonds is 7. The van der Waals surface area contributed by atoms with Gasteiger partial charge in [0.1, 0.15) is 0 Å². The van der Waals surface area contributed by atoms with Crippen molar-refractivity contribution in [2.45, 2.75) is 26.8 Å². The number of non-ortho nitro benzene ring substituents is 1. The molecule has 22 heavy (non-hydrogen) atoms. The van der Waals surface area contributed by atoms with Gasteiger partial charge in [-0.1, -0.05) is 13.8 Å². The molecule has 1 rings (SSSR count). The van der Waals surface area contributed by atoms with Gasteiger partial charge in [-0.25, -0.2) is 0 Å². The van der Waals surface area contributed by atoms with Gasteiger partial charge in [-0.15, -0.1) is 0 Å². The summed E-state index contributed by atoms with van der Waals surface area (Å²) in [5.41, 5.74) is 0.946. The SMILES string of the molecule is CN=C(NCCNc1ccc([N+](=O)[O-])cc1)NC(C)C(C)C. The van der Waals surface area contributed by atoms with Crippen molar-refractivity contribution in [3.63, 3.8) is 0 Å². The highest BCUT2D eigenvalue weighted by atomic mass is 16.6. The van der Waals surface area contributed by atoms with Crippen molar-refractivity contribution in [1.29, 1.82) is 0 Å². The Morgan fingerprint density at radius 1 is 1.23 bits per heavy atom. The lowest BCUT2D eigenvalue weighted by atomic mass is 10.1. The maximum atomic E-state index is 10.6. The van der Waals surface area contributed by atoms with Crippen LogP contribution in [0, 0.1) is 16.0 Å². The smallest absolute Gasteiger partial charge is 0.269 e. The Bertz CT molecular complexity index is 499. The number of guanidine groups is 1. The molecule has 1 atom stereocenters. The Morgan fingerprint density at radius 2 is 1.86 bits per heavy atom. The van der Waals surface area contributed by atoms with Crippen LogP contribution in [0.15, 0.2) is 29.3 Å². The van der Waals surface area contributed by atoms with E-state index < -0.39 is 4.92 Å². The number of benzene rings is 1. The normalized spacial score (nSPS) is 12.9. The predicted octanol–water partition coefficient (Wildman–Crippen LogP) is 2.22. The van der Waals surface area contributed by atoms with Crippen LogP contribution in [0.2, 0.25) is 0 Å². The molecule has 0 bridgehead atoms. The summed E-state index contributed by atoms with van der Waals surface area (Å²) in [5, 5.41) is 20.3. The molecular weight excluding hydrogens is 282 g/mol. The Kier molecular flexibility index (Phi) is 7.15. The summed E-state index contributed by atoms with van der Waals surface area (Å²) in [6.07, 6.45) is 0. The Morgan fingerprint density at radius 3 is 2.36 bits per heavy atom. The predicted molar refractivity (Wildman–Crippen MR) is 90.4 cm³/mol. The molecule has 0 heterocycles. The van der Waals surface area contributed by atoms with Crippen LogP contribution in [-0.2, 0) is 0 Å². The van der Waals surface area contributed by atoms with Gasteiger partial charge >= 0.3 is 0 Å². The number of hydrogen-bond acceptors (Lipinski definition) is 4. The van der Waals surface area contributed by atoms with E-state index in [1.54, 1.807) is 19.2 Å². The van der Waals surface area contributed by atoms with Crippen molar-refractivity contribution in [2.75, 3.05) is 25.5 Å². The number of nitrogens with one attached hydrogen (secondary N) is 3. The quantitative estimate of drug-likeness (QED) is 0.236. The third kappa shape index (κ3) is 5.99. The van der Waals surface area contributed by atoms with Crippen LogP contribution in [0.5, 0.6) is 0 Å². The summed E-state index contributed by atoms with van der Waals surface area (Å²) >= 11 is 0. The average molecular weight is 307 g/mol. The van der Waals surface area contributed by atoms with E-state index in [1.165, 1.54) is 12.1 Å². The molecule has 1 aromatic carbocycles. The molecule has 1 aromatic rings. The zero-order valence-electron chi connectivity index (χ0n) is 13.6. The third-order valence-corrected chi connectivity index (χ3v) is 3.41. The minimum absolute atomic E-state index is 0.0935. The molecule has 0 spiro atoms. The first-order valence-electron chi connectivity index (χ1n) is 7.39. The number of aliphatic imine (C=N–C) groups is 1. The molecule has 0 fully saturated rings. The van der Waals surface area contributed by atoms with E-state index in [-0.39, 0.29) is 5.69 Å². The molecule has 0 aliphatic rings. The summed E-state index contributed by atoms with van der Waals surface area (Å²) < 4.78 is 0. The summed E-state index contributed by atoms with van der Waals surface area (Å²) in [4.78, 5) is 14.3. The van der Waals surface area contributed by atoms with Crippen molar-refractivity contribution >= 4 is 17.3 Å². The Balaban J connectivity index is 2.33. The number of nitro benzene ring substituents is 1. The summed E-state index contributed by atoms with van der Waals surface area (Å²) in [6.45, 7) is 7.81. The maximum Gasteiger partial charge on any atom is 0.269 e. The number of anilines is 1. The van der Waals surface area contributed by atoms with E-state index in [0.29, 0.717) is 25.0 Å². The Hall–Kier alpha value is -2.31. The van der Waals surface area contributed by atoms with Crippen LogP contribution in [0.25, 0.3) is 0 Å². The molecule has 7 nitrogen and oxygen atoms in total. The van der Waals surface area contributed by atoms with E-state index in [2.05, 4.69) is 41.7 Å². The largest absolute Gasteiger partial charge is 0.383 e. The average Bonchev–Trinajstić information content (AvgIpc) is 2.50. The minimum Gasteiger partial charge on any atom is -0.383 e. The van der Waals surface area contributed by atoms with Gasteiger partial charge in [-0.2, -0.15) is 0 Å². The fraction of sp³-hybridized carbons (Fsp3) is 0.533. The highest BCUT2D eigenvalue weighted by Gasteiger charge is 2.08. The molecule has 122 valence electrons. The number of hydrogen-bond donors (Lipinski definition) is 3. The van der Waals surface area contributed by atoms with Crippen LogP contribution >= 0.6 is 0 Å². The van der Waals surface area contributed by atoms with E-state index >= 15 is 0 Å². The second kappa shape index (κ2) is 8.86. The van der Waals surface area contributed by atoms with Crippen LogP contribution in [0.4, 0.5) is 11.4 Å². The molecule has 0 aromatic heterocycles. The molecule has 1 unspecified atom stereocenters. The molecule has 0 aliphatic carbocycles. The van der Waals surface area contributed by atoms with Crippen LogP contribution in [-0.4, -0.2) is 37.1 Å². The maximum absolute atomic E-state index is 10.6. The van der Waals surface area contributed by atoms with Crippen LogP contribution in [0.1, 0.15) is 20.8 Å². The third-order valence-electron chi connectivity index (χ3n) is 3.41. The van der Waals surface area contributed by atoms with Crippen LogP contribution in [0.3, 0.4) is 0 Å². The second-order valence-electron chi connectivity index (χ2n) is 5.41. The molecule has 0 saturated heterocycles. The Labute approximate surface area is 131 Å². The van der Waals surface area contributed by atoms with E-state index in [1.807, 2.05) is 0 Å². The molecule has 7 heteroatoms. The van der Waals surface area contributed by atoms with Crippen molar-refractivity contribution in [1.82, 2.24) is 10.6 Å². The lowest BCUT2D eigenvalue weighted by Crippen LogP contribution is -2.45. The van der Waals surface area contributed by atoms with Gasteiger partial charge < -0.3 is 16.0 Å². The van der Waals surface area contributed by atoms with Gasteiger partial charge in [0.15, 0.2) is 5.96 Å². The summed E-state index contributed by atoms with van der Waals surface area (Å²) in [7, 11) is 1.74. The number of nitrogens with zero attached hydrogens (tertiary/aromatic N) is 2. The van der Waals surface area contributed by atoms with Crippen molar-refractivity contribution < 1.29 is 4.92 Å². The van der Waals surface area contributed by atoms with Gasteiger partial charge in [-0.3, -0.25) is 15.1 Å². The molecular formula is C15H25N5O2. The summed E-state index contributed by atoms with van der Waals surface area (Å²) in [5.74, 6) is 1.29. The molecule has 0 saturated carbocycles. The summed E-state index contributed by atoms with van der Waals surface area (Å²) in [6, 6.07) is 6.72. The van der Waals surface area contributed by atoms with Gasteiger partial charge in [0.25, 0.3) is 5.69 Å². The fourth-order valence-electron chi connectivity index (χ4n) is 1.67. The van der Waals surface area contributed by atoms with Gasteiger partial charge in [0.05, 0.1) is 4.92 Å². The first-order valence-corrected chi connectivity index (χ1v) is 7.39. The zero-order valence-corrected chi connectivity index (χ0v) is 13.6. The van der Waals surface area contributed by atoms with Crippen molar-refractivity contribution in [2.24, 2.45) is 10.9 Å². The van der Waals surface area contributed by atoms with E-state index in [4.69, 9.17) is 0 Å². The lowest BCUT2D eigenvalue weighted by Gasteiger charge is -2.20. The second-order valence-corrected chi connectivity index (χ2v) is 5.41.